The van der Waals surface area contributed by atoms with Crippen LogP contribution in [0.15, 0.2) is 18.2 Å². The highest BCUT2D eigenvalue weighted by molar-refractivity contribution is 5.94. The van der Waals surface area contributed by atoms with Crippen molar-refractivity contribution in [2.24, 2.45) is 5.92 Å². The summed E-state index contributed by atoms with van der Waals surface area (Å²) in [6.07, 6.45) is 3.40. The molecule has 3 heteroatoms. The molecule has 1 aromatic carbocycles. The Morgan fingerprint density at radius 2 is 2.16 bits per heavy atom. The lowest BCUT2D eigenvalue weighted by Crippen LogP contribution is -2.34. The van der Waals surface area contributed by atoms with Gasteiger partial charge in [0, 0.05) is 18.7 Å². The third kappa shape index (κ3) is 2.96. The van der Waals surface area contributed by atoms with Crippen molar-refractivity contribution in [3.05, 3.63) is 34.9 Å². The van der Waals surface area contributed by atoms with E-state index < -0.39 is 0 Å². The van der Waals surface area contributed by atoms with Crippen molar-refractivity contribution >= 4 is 5.91 Å². The zero-order valence-corrected chi connectivity index (χ0v) is 11.6. The number of hydrogen-bond donors (Lipinski definition) is 0. The molecule has 0 bridgehead atoms. The number of nitriles is 1. The van der Waals surface area contributed by atoms with Crippen LogP contribution in [0.25, 0.3) is 0 Å². The Bertz CT molecular complexity index is 516. The number of carbonyl (C=O) groups is 1. The second kappa shape index (κ2) is 5.88. The average molecular weight is 256 g/mol. The van der Waals surface area contributed by atoms with Crippen LogP contribution in [0.2, 0.25) is 0 Å². The Morgan fingerprint density at radius 1 is 1.42 bits per heavy atom. The molecule has 1 atom stereocenters. The maximum atomic E-state index is 12.4. The molecule has 0 saturated heterocycles. The molecule has 1 aromatic rings. The van der Waals surface area contributed by atoms with Gasteiger partial charge in [0.05, 0.1) is 12.0 Å². The SMILES string of the molecule is CCN(CC(C)C#N)C(=O)c1ccc2c(c1)CCC2. The van der Waals surface area contributed by atoms with E-state index in [1.165, 1.54) is 17.5 Å². The minimum atomic E-state index is -0.127. The van der Waals surface area contributed by atoms with E-state index in [1.807, 2.05) is 26.0 Å². The number of amides is 1. The molecule has 0 saturated carbocycles. The standard InChI is InChI=1S/C16H20N2O/c1-3-18(11-12(2)10-17)16(19)15-8-7-13-5-4-6-14(13)9-15/h7-9,12H,3-6,11H2,1-2H3. The van der Waals surface area contributed by atoms with Crippen molar-refractivity contribution in [3.8, 4) is 6.07 Å². The fourth-order valence-corrected chi connectivity index (χ4v) is 2.61. The summed E-state index contributed by atoms with van der Waals surface area (Å²) in [7, 11) is 0. The van der Waals surface area contributed by atoms with E-state index in [-0.39, 0.29) is 11.8 Å². The summed E-state index contributed by atoms with van der Waals surface area (Å²) in [5.74, 6) is -0.0855. The quantitative estimate of drug-likeness (QED) is 0.831. The Morgan fingerprint density at radius 3 is 2.84 bits per heavy atom. The molecule has 1 amide bonds. The zero-order chi connectivity index (χ0) is 13.8. The second-order valence-corrected chi connectivity index (χ2v) is 5.21. The molecule has 0 heterocycles. The molecule has 2 rings (SSSR count). The van der Waals surface area contributed by atoms with E-state index >= 15 is 0 Å². The smallest absolute Gasteiger partial charge is 0.253 e. The first-order chi connectivity index (χ1) is 9.15. The number of aryl methyl sites for hydroxylation is 2. The molecule has 1 aliphatic rings. The van der Waals surface area contributed by atoms with Crippen molar-refractivity contribution in [2.75, 3.05) is 13.1 Å². The molecule has 1 unspecified atom stereocenters. The highest BCUT2D eigenvalue weighted by Crippen LogP contribution is 2.23. The van der Waals surface area contributed by atoms with Crippen LogP contribution in [-0.4, -0.2) is 23.9 Å². The number of benzene rings is 1. The number of carbonyl (C=O) groups excluding carboxylic acids is 1. The summed E-state index contributed by atoms with van der Waals surface area (Å²) >= 11 is 0. The van der Waals surface area contributed by atoms with Gasteiger partial charge in [-0.25, -0.2) is 0 Å². The molecule has 0 spiro atoms. The topological polar surface area (TPSA) is 44.1 Å². The van der Waals surface area contributed by atoms with Gasteiger partial charge in [-0.05, 0) is 56.4 Å². The molecule has 0 aromatic heterocycles. The Hall–Kier alpha value is -1.82. The first-order valence-electron chi connectivity index (χ1n) is 6.96. The normalized spacial score (nSPS) is 14.6. The molecule has 3 nitrogen and oxygen atoms in total. The lowest BCUT2D eigenvalue weighted by molar-refractivity contribution is 0.0752. The van der Waals surface area contributed by atoms with Gasteiger partial charge in [-0.15, -0.1) is 0 Å². The van der Waals surface area contributed by atoms with E-state index in [1.54, 1.807) is 4.90 Å². The van der Waals surface area contributed by atoms with Gasteiger partial charge < -0.3 is 4.90 Å². The Labute approximate surface area is 114 Å². The van der Waals surface area contributed by atoms with Crippen LogP contribution >= 0.6 is 0 Å². The van der Waals surface area contributed by atoms with Crippen LogP contribution in [0, 0.1) is 17.2 Å². The highest BCUT2D eigenvalue weighted by Gasteiger charge is 2.19. The molecule has 0 radical (unpaired) electrons. The third-order valence-electron chi connectivity index (χ3n) is 3.73. The fraction of sp³-hybridized carbons (Fsp3) is 0.500. The summed E-state index contributed by atoms with van der Waals surface area (Å²) in [6, 6.07) is 8.22. The molecular weight excluding hydrogens is 236 g/mol. The van der Waals surface area contributed by atoms with Crippen LogP contribution in [0.5, 0.6) is 0 Å². The largest absolute Gasteiger partial charge is 0.338 e. The minimum Gasteiger partial charge on any atom is -0.338 e. The number of hydrogen-bond acceptors (Lipinski definition) is 2. The second-order valence-electron chi connectivity index (χ2n) is 5.21. The van der Waals surface area contributed by atoms with Gasteiger partial charge in [0.2, 0.25) is 0 Å². The summed E-state index contributed by atoms with van der Waals surface area (Å²) < 4.78 is 0. The molecule has 0 fully saturated rings. The number of fused-ring (bicyclic) bond motifs is 1. The highest BCUT2D eigenvalue weighted by atomic mass is 16.2. The number of rotatable bonds is 4. The van der Waals surface area contributed by atoms with Gasteiger partial charge in [-0.3, -0.25) is 4.79 Å². The maximum absolute atomic E-state index is 12.4. The minimum absolute atomic E-state index is 0.0410. The summed E-state index contributed by atoms with van der Waals surface area (Å²) in [6.45, 7) is 4.94. The molecule has 1 aliphatic carbocycles. The van der Waals surface area contributed by atoms with E-state index in [2.05, 4.69) is 12.1 Å². The molecule has 100 valence electrons. The van der Waals surface area contributed by atoms with E-state index in [9.17, 15) is 4.79 Å². The number of nitrogens with zero attached hydrogens (tertiary/aromatic N) is 2. The molecular formula is C16H20N2O. The lowest BCUT2D eigenvalue weighted by atomic mass is 10.0. The van der Waals surface area contributed by atoms with Gasteiger partial charge in [-0.2, -0.15) is 5.26 Å². The van der Waals surface area contributed by atoms with Crippen molar-refractivity contribution in [2.45, 2.75) is 33.1 Å². The van der Waals surface area contributed by atoms with Crippen LogP contribution < -0.4 is 0 Å². The predicted molar refractivity (Wildman–Crippen MR) is 74.8 cm³/mol. The van der Waals surface area contributed by atoms with E-state index in [4.69, 9.17) is 5.26 Å². The van der Waals surface area contributed by atoms with Gasteiger partial charge in [0.1, 0.15) is 0 Å². The van der Waals surface area contributed by atoms with Gasteiger partial charge in [-0.1, -0.05) is 6.07 Å². The van der Waals surface area contributed by atoms with E-state index in [0.717, 1.165) is 18.4 Å². The summed E-state index contributed by atoms with van der Waals surface area (Å²) in [5, 5.41) is 8.87. The van der Waals surface area contributed by atoms with Crippen LogP contribution in [-0.2, 0) is 12.8 Å². The fourth-order valence-electron chi connectivity index (χ4n) is 2.61. The van der Waals surface area contributed by atoms with Crippen molar-refractivity contribution in [1.29, 1.82) is 5.26 Å². The first kappa shape index (κ1) is 13.6. The Kier molecular flexibility index (Phi) is 4.21. The molecule has 19 heavy (non-hydrogen) atoms. The van der Waals surface area contributed by atoms with Gasteiger partial charge in [0.15, 0.2) is 0 Å². The van der Waals surface area contributed by atoms with Crippen molar-refractivity contribution < 1.29 is 4.79 Å². The van der Waals surface area contributed by atoms with Crippen LogP contribution in [0.3, 0.4) is 0 Å². The summed E-state index contributed by atoms with van der Waals surface area (Å²) in [5.41, 5.74) is 3.45. The first-order valence-corrected chi connectivity index (χ1v) is 6.96. The molecule has 0 aliphatic heterocycles. The van der Waals surface area contributed by atoms with Crippen molar-refractivity contribution in [1.82, 2.24) is 4.90 Å². The van der Waals surface area contributed by atoms with Crippen LogP contribution in [0.4, 0.5) is 0 Å². The maximum Gasteiger partial charge on any atom is 0.253 e. The third-order valence-corrected chi connectivity index (χ3v) is 3.73. The summed E-state index contributed by atoms with van der Waals surface area (Å²) in [4.78, 5) is 14.2. The zero-order valence-electron chi connectivity index (χ0n) is 11.6. The monoisotopic (exact) mass is 256 g/mol. The van der Waals surface area contributed by atoms with E-state index in [0.29, 0.717) is 13.1 Å². The van der Waals surface area contributed by atoms with Crippen LogP contribution in [0.1, 0.15) is 41.8 Å². The van der Waals surface area contributed by atoms with Gasteiger partial charge in [0.25, 0.3) is 5.91 Å². The van der Waals surface area contributed by atoms with Crippen molar-refractivity contribution in [3.63, 3.8) is 0 Å². The Balaban J connectivity index is 2.16. The van der Waals surface area contributed by atoms with Gasteiger partial charge >= 0.3 is 0 Å². The lowest BCUT2D eigenvalue weighted by Gasteiger charge is -2.22. The average Bonchev–Trinajstić information content (AvgIpc) is 2.90. The molecule has 0 N–H and O–H groups in total. The predicted octanol–water partition coefficient (Wildman–Crippen LogP) is 2.80.